The summed E-state index contributed by atoms with van der Waals surface area (Å²) in [5.41, 5.74) is 4.34. The van der Waals surface area contributed by atoms with E-state index in [9.17, 15) is 13.6 Å². The Labute approximate surface area is 219 Å². The Balaban J connectivity index is 1.29. The first kappa shape index (κ1) is 26.1. The first-order chi connectivity index (χ1) is 18.2. The minimum atomic E-state index is -2.96. The molecule has 5 rings (SSSR count). The van der Waals surface area contributed by atoms with E-state index in [4.69, 9.17) is 14.5 Å². The molecule has 10 nitrogen and oxygen atoms in total. The van der Waals surface area contributed by atoms with Gasteiger partial charge in [0.25, 0.3) is 5.92 Å². The summed E-state index contributed by atoms with van der Waals surface area (Å²) in [6, 6.07) is 5.89. The van der Waals surface area contributed by atoms with Gasteiger partial charge in [-0.05, 0) is 37.5 Å². The largest absolute Gasteiger partial charge is 0.469 e. The molecule has 3 aromatic rings. The van der Waals surface area contributed by atoms with Crippen molar-refractivity contribution in [3.05, 3.63) is 47.0 Å². The second-order valence-electron chi connectivity index (χ2n) is 10.1. The van der Waals surface area contributed by atoms with Crippen molar-refractivity contribution in [3.63, 3.8) is 0 Å². The minimum Gasteiger partial charge on any atom is -0.469 e. The lowest BCUT2D eigenvalue weighted by Crippen LogP contribution is -2.49. The van der Waals surface area contributed by atoms with Gasteiger partial charge in [0.15, 0.2) is 0 Å². The molecule has 0 bridgehead atoms. The van der Waals surface area contributed by atoms with Crippen molar-refractivity contribution in [1.82, 2.24) is 34.8 Å². The number of ether oxygens (including phenoxy) is 2. The number of hydrogen-bond acceptors (Lipinski definition) is 9. The molecule has 12 heteroatoms. The third-order valence-electron chi connectivity index (χ3n) is 7.30. The maximum Gasteiger partial charge on any atom is 0.316 e. The molecule has 38 heavy (non-hydrogen) atoms. The third-order valence-corrected chi connectivity index (χ3v) is 7.30. The highest BCUT2D eigenvalue weighted by Crippen LogP contribution is 2.35. The van der Waals surface area contributed by atoms with E-state index in [0.29, 0.717) is 34.7 Å². The van der Waals surface area contributed by atoms with E-state index >= 15 is 0 Å². The molecular weight excluding hydrogens is 496 g/mol. The first-order valence-electron chi connectivity index (χ1n) is 12.7. The van der Waals surface area contributed by atoms with Crippen LogP contribution >= 0.6 is 0 Å². The number of halogens is 2. The zero-order valence-electron chi connectivity index (χ0n) is 21.7. The van der Waals surface area contributed by atoms with Gasteiger partial charge in [-0.2, -0.15) is 4.98 Å². The number of rotatable bonds is 8. The molecule has 0 aromatic carbocycles. The minimum absolute atomic E-state index is 0.160. The van der Waals surface area contributed by atoms with E-state index in [2.05, 4.69) is 20.3 Å². The highest BCUT2D eigenvalue weighted by Gasteiger charge is 2.43. The molecule has 1 atom stereocenters. The normalized spacial score (nSPS) is 19.7. The number of pyridine rings is 1. The van der Waals surface area contributed by atoms with E-state index in [1.165, 1.54) is 13.5 Å². The van der Waals surface area contributed by atoms with Gasteiger partial charge in [0.2, 0.25) is 0 Å². The van der Waals surface area contributed by atoms with E-state index in [1.807, 2.05) is 19.1 Å². The molecule has 0 radical (unpaired) electrons. The van der Waals surface area contributed by atoms with Crippen molar-refractivity contribution in [2.24, 2.45) is 13.0 Å². The summed E-state index contributed by atoms with van der Waals surface area (Å²) in [5, 5.41) is 8.42. The molecular formula is C26H31F2N7O3. The average molecular weight is 528 g/mol. The van der Waals surface area contributed by atoms with Crippen molar-refractivity contribution in [1.29, 1.82) is 0 Å². The summed E-state index contributed by atoms with van der Waals surface area (Å²) in [5.74, 6) is -3.97. The third kappa shape index (κ3) is 5.64. The molecule has 1 aliphatic heterocycles. The molecule has 2 aliphatic rings. The number of nitrogens with zero attached hydrogens (tertiary/aromatic N) is 7. The fourth-order valence-corrected chi connectivity index (χ4v) is 4.99. The Kier molecular flexibility index (Phi) is 7.33. The number of aromatic nitrogens is 6. The molecule has 202 valence electrons. The van der Waals surface area contributed by atoms with Gasteiger partial charge in [-0.3, -0.25) is 14.7 Å². The van der Waals surface area contributed by atoms with Crippen LogP contribution in [0.3, 0.4) is 0 Å². The van der Waals surface area contributed by atoms with Gasteiger partial charge in [-0.25, -0.2) is 18.4 Å². The van der Waals surface area contributed by atoms with Crippen LogP contribution in [0.15, 0.2) is 24.4 Å². The number of carbonyl (C=O) groups excluding carboxylic acids is 1. The highest BCUT2D eigenvalue weighted by atomic mass is 19.3. The number of likely N-dealkylation sites (tertiary alicyclic amines) is 1. The van der Waals surface area contributed by atoms with Gasteiger partial charge in [-0.1, -0.05) is 17.7 Å². The van der Waals surface area contributed by atoms with Crippen LogP contribution in [-0.2, 0) is 29.7 Å². The standard InChI is InChI=1S/C26H31F2N7O3/c1-16-18(12-35-13-19(24(36)37-3)11-26(27,28)15-35)7-8-21(30-16)23-22(34(2)33-32-23)14-38-25-29-10-9-20(31-25)17-5-4-6-17/h7-10,17,19H,4-6,11-15H2,1-3H3. The zero-order chi connectivity index (χ0) is 26.9. The summed E-state index contributed by atoms with van der Waals surface area (Å²) >= 11 is 0. The number of esters is 1. The maximum absolute atomic E-state index is 14.3. The van der Waals surface area contributed by atoms with E-state index in [-0.39, 0.29) is 19.7 Å². The van der Waals surface area contributed by atoms with Crippen LogP contribution in [0.5, 0.6) is 6.01 Å². The van der Waals surface area contributed by atoms with Crippen LogP contribution in [0.1, 0.15) is 54.2 Å². The van der Waals surface area contributed by atoms with E-state index in [1.54, 1.807) is 28.9 Å². The Morgan fingerprint density at radius 2 is 2.03 bits per heavy atom. The number of methoxy groups -OCH3 is 1. The summed E-state index contributed by atoms with van der Waals surface area (Å²) in [7, 11) is 2.99. The fourth-order valence-electron chi connectivity index (χ4n) is 4.99. The summed E-state index contributed by atoms with van der Waals surface area (Å²) in [6.45, 7) is 2.02. The van der Waals surface area contributed by atoms with Crippen molar-refractivity contribution in [3.8, 4) is 17.4 Å². The van der Waals surface area contributed by atoms with Crippen molar-refractivity contribution < 1.29 is 23.0 Å². The van der Waals surface area contributed by atoms with Gasteiger partial charge in [0.05, 0.1) is 31.0 Å². The van der Waals surface area contributed by atoms with Gasteiger partial charge >= 0.3 is 12.0 Å². The second kappa shape index (κ2) is 10.7. The van der Waals surface area contributed by atoms with Crippen LogP contribution in [-0.4, -0.2) is 66.9 Å². The van der Waals surface area contributed by atoms with Crippen LogP contribution in [0.2, 0.25) is 0 Å². The van der Waals surface area contributed by atoms with Gasteiger partial charge in [0.1, 0.15) is 18.0 Å². The van der Waals surface area contributed by atoms with Crippen LogP contribution < -0.4 is 4.74 Å². The summed E-state index contributed by atoms with van der Waals surface area (Å²) < 4.78 is 40.9. The number of aryl methyl sites for hydroxylation is 2. The smallest absolute Gasteiger partial charge is 0.316 e. The number of carbonyl (C=O) groups is 1. The lowest BCUT2D eigenvalue weighted by Gasteiger charge is -2.36. The zero-order valence-corrected chi connectivity index (χ0v) is 21.7. The van der Waals surface area contributed by atoms with Crippen LogP contribution in [0.25, 0.3) is 11.4 Å². The molecule has 1 unspecified atom stereocenters. The summed E-state index contributed by atoms with van der Waals surface area (Å²) in [4.78, 5) is 27.0. The Morgan fingerprint density at radius 1 is 1.21 bits per heavy atom. The highest BCUT2D eigenvalue weighted by molar-refractivity contribution is 5.72. The lowest BCUT2D eigenvalue weighted by atomic mass is 9.83. The van der Waals surface area contributed by atoms with Crippen molar-refractivity contribution in [2.75, 3.05) is 20.2 Å². The lowest BCUT2D eigenvalue weighted by molar-refractivity contribution is -0.157. The number of hydrogen-bond donors (Lipinski definition) is 0. The Hall–Kier alpha value is -3.54. The topological polar surface area (TPSA) is 108 Å². The molecule has 1 aliphatic carbocycles. The number of piperidine rings is 1. The molecule has 2 fully saturated rings. The molecule has 1 saturated heterocycles. The Bertz CT molecular complexity index is 1310. The van der Waals surface area contributed by atoms with Crippen molar-refractivity contribution in [2.45, 2.75) is 57.6 Å². The van der Waals surface area contributed by atoms with Crippen LogP contribution in [0, 0.1) is 12.8 Å². The molecule has 4 heterocycles. The maximum atomic E-state index is 14.3. The van der Waals surface area contributed by atoms with Gasteiger partial charge in [0, 0.05) is 44.4 Å². The SMILES string of the molecule is COC(=O)C1CN(Cc2ccc(-c3nnn(C)c3COc3nccc(C4CCC4)n3)nc2C)CC(F)(F)C1. The van der Waals surface area contributed by atoms with Gasteiger partial charge in [-0.15, -0.1) is 5.10 Å². The van der Waals surface area contributed by atoms with Gasteiger partial charge < -0.3 is 9.47 Å². The first-order valence-corrected chi connectivity index (χ1v) is 12.7. The Morgan fingerprint density at radius 3 is 2.74 bits per heavy atom. The number of alkyl halides is 2. The molecule has 3 aromatic heterocycles. The molecule has 0 N–H and O–H groups in total. The molecule has 0 amide bonds. The predicted molar refractivity (Wildman–Crippen MR) is 132 cm³/mol. The predicted octanol–water partition coefficient (Wildman–Crippen LogP) is 3.45. The van der Waals surface area contributed by atoms with E-state index < -0.39 is 30.8 Å². The molecule has 1 saturated carbocycles. The van der Waals surface area contributed by atoms with Crippen molar-refractivity contribution >= 4 is 5.97 Å². The van der Waals surface area contributed by atoms with Crippen LogP contribution in [0.4, 0.5) is 8.78 Å². The second-order valence-corrected chi connectivity index (χ2v) is 10.1. The van der Waals surface area contributed by atoms with E-state index in [0.717, 1.165) is 24.1 Å². The summed E-state index contributed by atoms with van der Waals surface area (Å²) in [6.07, 6.45) is 4.71. The quantitative estimate of drug-likeness (QED) is 0.407. The average Bonchev–Trinajstić information content (AvgIpc) is 3.22. The fraction of sp³-hybridized carbons (Fsp3) is 0.538. The monoisotopic (exact) mass is 527 g/mol. The molecule has 0 spiro atoms.